The van der Waals surface area contributed by atoms with E-state index in [0.717, 1.165) is 37.4 Å². The van der Waals surface area contributed by atoms with Crippen LogP contribution in [0.5, 0.6) is 0 Å². The van der Waals surface area contributed by atoms with Gasteiger partial charge < -0.3 is 4.90 Å². The molecule has 0 atom stereocenters. The van der Waals surface area contributed by atoms with E-state index in [1.54, 1.807) is 0 Å². The van der Waals surface area contributed by atoms with Crippen molar-refractivity contribution in [2.45, 2.75) is 43.9 Å². The van der Waals surface area contributed by atoms with Crippen molar-refractivity contribution >= 4 is 11.3 Å². The number of benzene rings is 1. The monoisotopic (exact) mass is 357 g/mol. The van der Waals surface area contributed by atoms with Crippen LogP contribution in [0.3, 0.4) is 0 Å². The van der Waals surface area contributed by atoms with Crippen LogP contribution in [0.4, 0.5) is 5.69 Å². The number of hydrogen-bond acceptors (Lipinski definition) is 4. The fourth-order valence-electron chi connectivity index (χ4n) is 4.46. The molecule has 0 unspecified atom stereocenters. The maximum absolute atomic E-state index is 9.84. The number of aromatic nitrogens is 3. The van der Waals surface area contributed by atoms with Gasteiger partial charge in [0.05, 0.1) is 5.69 Å². The molecule has 0 spiro atoms. The second kappa shape index (κ2) is 6.70. The van der Waals surface area contributed by atoms with E-state index in [4.69, 9.17) is 0 Å². The number of anilines is 1. The van der Waals surface area contributed by atoms with E-state index in [1.165, 1.54) is 24.8 Å². The summed E-state index contributed by atoms with van der Waals surface area (Å²) in [5.41, 5.74) is 3.80. The number of nitrogens with zero attached hydrogens (tertiary/aromatic N) is 5. The number of piperidine rings is 1. The maximum Gasteiger partial charge on any atom is 0.180 e. The van der Waals surface area contributed by atoms with Crippen molar-refractivity contribution in [1.82, 2.24) is 14.6 Å². The lowest BCUT2D eigenvalue weighted by Gasteiger charge is -2.34. The predicted octanol–water partition coefficient (Wildman–Crippen LogP) is 4.25. The molecule has 2 aliphatic rings. The van der Waals surface area contributed by atoms with Gasteiger partial charge in [-0.05, 0) is 43.2 Å². The average molecular weight is 357 g/mol. The summed E-state index contributed by atoms with van der Waals surface area (Å²) in [4.78, 5) is 2.34. The number of fused-ring (bicyclic) bond motifs is 1. The third-order valence-electron chi connectivity index (χ3n) is 6.27. The van der Waals surface area contributed by atoms with Crippen LogP contribution in [-0.2, 0) is 0 Å². The second-order valence-corrected chi connectivity index (χ2v) is 7.74. The number of hydrogen-bond donors (Lipinski definition) is 0. The molecule has 1 aliphatic heterocycles. The van der Waals surface area contributed by atoms with Gasteiger partial charge in [0.25, 0.3) is 0 Å². The fourth-order valence-corrected chi connectivity index (χ4v) is 4.46. The SMILES string of the molecule is N#Cc1c(N2CCC(c3ccccc3)CC2)ccn2c(C3CCC3)nnc12. The minimum Gasteiger partial charge on any atom is -0.370 e. The summed E-state index contributed by atoms with van der Waals surface area (Å²) in [5.74, 6) is 2.12. The van der Waals surface area contributed by atoms with E-state index in [1.807, 2.05) is 4.40 Å². The van der Waals surface area contributed by atoms with Gasteiger partial charge in [-0.3, -0.25) is 4.40 Å². The van der Waals surface area contributed by atoms with E-state index in [0.29, 0.717) is 23.0 Å². The van der Waals surface area contributed by atoms with E-state index in [2.05, 4.69) is 63.8 Å². The molecule has 2 aromatic heterocycles. The summed E-state index contributed by atoms with van der Waals surface area (Å²) in [6.45, 7) is 1.93. The Balaban J connectivity index is 1.41. The van der Waals surface area contributed by atoms with Gasteiger partial charge in [0.2, 0.25) is 0 Å². The van der Waals surface area contributed by atoms with Gasteiger partial charge in [0.15, 0.2) is 5.65 Å². The van der Waals surface area contributed by atoms with Gasteiger partial charge in [-0.15, -0.1) is 10.2 Å². The Morgan fingerprint density at radius 2 is 1.70 bits per heavy atom. The van der Waals surface area contributed by atoms with Crippen molar-refractivity contribution in [3.63, 3.8) is 0 Å². The van der Waals surface area contributed by atoms with E-state index in [9.17, 15) is 5.26 Å². The van der Waals surface area contributed by atoms with Crippen LogP contribution in [0, 0.1) is 11.3 Å². The van der Waals surface area contributed by atoms with Gasteiger partial charge in [-0.1, -0.05) is 36.8 Å². The van der Waals surface area contributed by atoms with Crippen LogP contribution < -0.4 is 4.90 Å². The Bertz CT molecular complexity index is 989. The Morgan fingerprint density at radius 1 is 0.926 bits per heavy atom. The van der Waals surface area contributed by atoms with E-state index < -0.39 is 0 Å². The first kappa shape index (κ1) is 16.3. The van der Waals surface area contributed by atoms with Crippen LogP contribution >= 0.6 is 0 Å². The Labute approximate surface area is 159 Å². The number of rotatable bonds is 3. The first-order chi connectivity index (χ1) is 13.3. The van der Waals surface area contributed by atoms with Crippen LogP contribution in [0.2, 0.25) is 0 Å². The van der Waals surface area contributed by atoms with Crippen molar-refractivity contribution in [1.29, 1.82) is 5.26 Å². The summed E-state index contributed by atoms with van der Waals surface area (Å²) in [5, 5.41) is 18.6. The Hall–Kier alpha value is -2.87. The summed E-state index contributed by atoms with van der Waals surface area (Å²) >= 11 is 0. The maximum atomic E-state index is 9.84. The lowest BCUT2D eigenvalue weighted by Crippen LogP contribution is -2.33. The zero-order valence-electron chi connectivity index (χ0n) is 15.4. The minimum absolute atomic E-state index is 0.499. The third-order valence-corrected chi connectivity index (χ3v) is 6.27. The molecule has 0 amide bonds. The molecule has 0 radical (unpaired) electrons. The van der Waals surface area contributed by atoms with Crippen molar-refractivity contribution in [2.24, 2.45) is 0 Å². The van der Waals surface area contributed by atoms with Crippen molar-refractivity contribution in [2.75, 3.05) is 18.0 Å². The van der Waals surface area contributed by atoms with Crippen molar-refractivity contribution in [3.8, 4) is 6.07 Å². The minimum atomic E-state index is 0.499. The molecule has 5 nitrogen and oxygen atoms in total. The molecule has 1 saturated carbocycles. The van der Waals surface area contributed by atoms with Crippen LogP contribution in [0.15, 0.2) is 42.6 Å². The molecule has 5 heteroatoms. The molecule has 1 aromatic carbocycles. The standard InChI is InChI=1S/C22H23N5/c23-15-19-20(11-14-27-21(18-7-4-8-18)24-25-22(19)27)26-12-9-17(10-13-26)16-5-2-1-3-6-16/h1-3,5-6,11,14,17-18H,4,7-10,12-13H2. The van der Waals surface area contributed by atoms with Gasteiger partial charge in [0.1, 0.15) is 17.5 Å². The fraction of sp³-hybridized carbons (Fsp3) is 0.409. The molecule has 0 bridgehead atoms. The summed E-state index contributed by atoms with van der Waals surface area (Å²) in [7, 11) is 0. The van der Waals surface area contributed by atoms with Crippen molar-refractivity contribution in [3.05, 3.63) is 59.5 Å². The normalized spacial score (nSPS) is 18.4. The quantitative estimate of drug-likeness (QED) is 0.703. The van der Waals surface area contributed by atoms with Gasteiger partial charge in [-0.2, -0.15) is 5.26 Å². The zero-order chi connectivity index (χ0) is 18.2. The second-order valence-electron chi connectivity index (χ2n) is 7.74. The van der Waals surface area contributed by atoms with Crippen LogP contribution in [0.1, 0.15) is 60.9 Å². The Morgan fingerprint density at radius 3 is 2.37 bits per heavy atom. The van der Waals surface area contributed by atoms with Gasteiger partial charge in [-0.25, -0.2) is 0 Å². The number of nitriles is 1. The Kier molecular flexibility index (Phi) is 4.05. The smallest absolute Gasteiger partial charge is 0.180 e. The molecule has 1 aliphatic carbocycles. The summed E-state index contributed by atoms with van der Waals surface area (Å²) in [6.07, 6.45) is 7.90. The molecule has 2 fully saturated rings. The topological polar surface area (TPSA) is 57.2 Å². The van der Waals surface area contributed by atoms with Crippen LogP contribution in [-0.4, -0.2) is 27.7 Å². The zero-order valence-corrected chi connectivity index (χ0v) is 15.4. The highest BCUT2D eigenvalue weighted by atomic mass is 15.3. The first-order valence-corrected chi connectivity index (χ1v) is 9.93. The highest BCUT2D eigenvalue weighted by Crippen LogP contribution is 2.37. The highest BCUT2D eigenvalue weighted by molar-refractivity contribution is 5.71. The van der Waals surface area contributed by atoms with Crippen LogP contribution in [0.25, 0.3) is 5.65 Å². The average Bonchev–Trinajstić information content (AvgIpc) is 3.10. The molecule has 0 N–H and O–H groups in total. The number of pyridine rings is 1. The first-order valence-electron chi connectivity index (χ1n) is 9.93. The van der Waals surface area contributed by atoms with E-state index >= 15 is 0 Å². The lowest BCUT2D eigenvalue weighted by atomic mass is 9.85. The molecule has 5 rings (SSSR count). The highest BCUT2D eigenvalue weighted by Gasteiger charge is 2.27. The van der Waals surface area contributed by atoms with E-state index in [-0.39, 0.29) is 0 Å². The predicted molar refractivity (Wildman–Crippen MR) is 105 cm³/mol. The molecule has 27 heavy (non-hydrogen) atoms. The third kappa shape index (κ3) is 2.76. The summed E-state index contributed by atoms with van der Waals surface area (Å²) < 4.78 is 2.03. The van der Waals surface area contributed by atoms with Gasteiger partial charge in [0, 0.05) is 25.2 Å². The van der Waals surface area contributed by atoms with Crippen molar-refractivity contribution < 1.29 is 0 Å². The molecular weight excluding hydrogens is 334 g/mol. The molecule has 1 saturated heterocycles. The lowest BCUT2D eigenvalue weighted by molar-refractivity contribution is 0.399. The van der Waals surface area contributed by atoms with Gasteiger partial charge >= 0.3 is 0 Å². The summed E-state index contributed by atoms with van der Waals surface area (Å²) in [6, 6.07) is 15.3. The molecular formula is C22H23N5. The largest absolute Gasteiger partial charge is 0.370 e. The molecule has 136 valence electrons. The molecule has 3 heterocycles. The molecule has 3 aromatic rings.